The lowest BCUT2D eigenvalue weighted by atomic mass is 10.0. The van der Waals surface area contributed by atoms with Crippen LogP contribution in [0.25, 0.3) is 0 Å². The van der Waals surface area contributed by atoms with Crippen molar-refractivity contribution in [2.24, 2.45) is 5.73 Å². The Bertz CT molecular complexity index is 480. The maximum Gasteiger partial charge on any atom is 0.270 e. The molecule has 6 nitrogen and oxygen atoms in total. The molecule has 1 saturated heterocycles. The minimum atomic E-state index is -0.0856. The summed E-state index contributed by atoms with van der Waals surface area (Å²) >= 11 is 1.43. The summed E-state index contributed by atoms with van der Waals surface area (Å²) in [5.74, 6) is -0.0856. The first-order valence-electron chi connectivity index (χ1n) is 7.87. The molecule has 2 rings (SSSR count). The molecule has 0 atom stereocenters. The number of nitrogens with zero attached hydrogens (tertiary/aromatic N) is 2. The number of likely N-dealkylation sites (tertiary alicyclic amines) is 1. The standard InChI is InChI=1S/C15H26N4O2S.2ClH/c1-11(2)21-8-7-19-5-3-12(4-6-19)17-15(20)13-10-22-14(9-16)18-13;;/h10-12H,3-9,16H2,1-2H3,(H,17,20);2*1H. The van der Waals surface area contributed by atoms with Crippen LogP contribution in [0.1, 0.15) is 42.2 Å². The third-order valence-electron chi connectivity index (χ3n) is 3.74. The highest BCUT2D eigenvalue weighted by molar-refractivity contribution is 7.09. The maximum atomic E-state index is 12.1. The molecule has 3 N–H and O–H groups in total. The van der Waals surface area contributed by atoms with E-state index in [4.69, 9.17) is 10.5 Å². The number of halogens is 2. The molecule has 2 heterocycles. The van der Waals surface area contributed by atoms with E-state index in [9.17, 15) is 4.79 Å². The minimum Gasteiger partial charge on any atom is -0.377 e. The Hall–Kier alpha value is -0.440. The number of carbonyl (C=O) groups is 1. The molecule has 140 valence electrons. The van der Waals surface area contributed by atoms with Gasteiger partial charge in [0.2, 0.25) is 0 Å². The summed E-state index contributed by atoms with van der Waals surface area (Å²) < 4.78 is 5.58. The molecule has 0 radical (unpaired) electrons. The molecule has 0 bridgehead atoms. The van der Waals surface area contributed by atoms with Crippen LogP contribution in [0, 0.1) is 0 Å². The number of rotatable bonds is 7. The molecule has 9 heteroatoms. The van der Waals surface area contributed by atoms with Gasteiger partial charge in [0.25, 0.3) is 5.91 Å². The van der Waals surface area contributed by atoms with Crippen molar-refractivity contribution >= 4 is 42.1 Å². The van der Waals surface area contributed by atoms with Gasteiger partial charge >= 0.3 is 0 Å². The number of ether oxygens (including phenoxy) is 1. The number of aromatic nitrogens is 1. The Labute approximate surface area is 160 Å². The average Bonchev–Trinajstić information content (AvgIpc) is 2.98. The average molecular weight is 399 g/mol. The summed E-state index contributed by atoms with van der Waals surface area (Å²) in [6.45, 7) is 8.22. The van der Waals surface area contributed by atoms with Gasteiger partial charge in [0.15, 0.2) is 0 Å². The van der Waals surface area contributed by atoms with E-state index in [1.165, 1.54) is 11.3 Å². The second-order valence-electron chi connectivity index (χ2n) is 5.84. The topological polar surface area (TPSA) is 80.5 Å². The fourth-order valence-corrected chi connectivity index (χ4v) is 3.14. The third-order valence-corrected chi connectivity index (χ3v) is 4.61. The van der Waals surface area contributed by atoms with E-state index in [0.29, 0.717) is 12.2 Å². The third kappa shape index (κ3) is 7.63. The zero-order chi connectivity index (χ0) is 15.9. The number of thiazole rings is 1. The predicted molar refractivity (Wildman–Crippen MR) is 103 cm³/mol. The molecular weight excluding hydrogens is 371 g/mol. The van der Waals surface area contributed by atoms with Crippen molar-refractivity contribution in [2.75, 3.05) is 26.2 Å². The van der Waals surface area contributed by atoms with E-state index in [-0.39, 0.29) is 42.9 Å². The van der Waals surface area contributed by atoms with Crippen molar-refractivity contribution in [2.45, 2.75) is 45.4 Å². The first kappa shape index (κ1) is 23.6. The van der Waals surface area contributed by atoms with Crippen LogP contribution in [0.15, 0.2) is 5.38 Å². The van der Waals surface area contributed by atoms with Crippen LogP contribution < -0.4 is 11.1 Å². The molecule has 1 aromatic rings. The lowest BCUT2D eigenvalue weighted by Crippen LogP contribution is -2.45. The van der Waals surface area contributed by atoms with Gasteiger partial charge in [0.05, 0.1) is 12.7 Å². The van der Waals surface area contributed by atoms with E-state index in [0.717, 1.165) is 44.1 Å². The molecule has 0 saturated carbocycles. The van der Waals surface area contributed by atoms with Crippen molar-refractivity contribution in [3.63, 3.8) is 0 Å². The summed E-state index contributed by atoms with van der Waals surface area (Å²) in [4.78, 5) is 18.7. The van der Waals surface area contributed by atoms with Crippen molar-refractivity contribution in [1.82, 2.24) is 15.2 Å². The first-order chi connectivity index (χ1) is 10.6. The molecule has 0 spiro atoms. The zero-order valence-corrected chi connectivity index (χ0v) is 16.6. The molecule has 0 unspecified atom stereocenters. The first-order valence-corrected chi connectivity index (χ1v) is 8.75. The molecule has 1 aliphatic heterocycles. The molecule has 0 aliphatic carbocycles. The van der Waals surface area contributed by atoms with Crippen molar-refractivity contribution < 1.29 is 9.53 Å². The number of hydrogen-bond acceptors (Lipinski definition) is 6. The number of nitrogens with two attached hydrogens (primary N) is 1. The monoisotopic (exact) mass is 398 g/mol. The SMILES string of the molecule is CC(C)OCCN1CCC(NC(=O)c2csc(CN)n2)CC1.Cl.Cl. The van der Waals surface area contributed by atoms with Gasteiger partial charge in [-0.2, -0.15) is 0 Å². The lowest BCUT2D eigenvalue weighted by Gasteiger charge is -2.32. The van der Waals surface area contributed by atoms with Crippen LogP contribution in [0.2, 0.25) is 0 Å². The fraction of sp³-hybridized carbons (Fsp3) is 0.733. The minimum absolute atomic E-state index is 0. The second-order valence-corrected chi connectivity index (χ2v) is 6.78. The van der Waals surface area contributed by atoms with Crippen LogP contribution in [0.3, 0.4) is 0 Å². The Kier molecular flexibility index (Phi) is 11.8. The number of hydrogen-bond donors (Lipinski definition) is 2. The second kappa shape index (κ2) is 12.0. The summed E-state index contributed by atoms with van der Waals surface area (Å²) in [5.41, 5.74) is 6.01. The Morgan fingerprint density at radius 2 is 2.12 bits per heavy atom. The highest BCUT2D eigenvalue weighted by Crippen LogP contribution is 2.13. The molecule has 0 aromatic carbocycles. The van der Waals surface area contributed by atoms with Crippen LogP contribution in [0.4, 0.5) is 0 Å². The zero-order valence-electron chi connectivity index (χ0n) is 14.2. The highest BCUT2D eigenvalue weighted by Gasteiger charge is 2.21. The van der Waals surface area contributed by atoms with Crippen LogP contribution in [-0.2, 0) is 11.3 Å². The summed E-state index contributed by atoms with van der Waals surface area (Å²) in [7, 11) is 0. The smallest absolute Gasteiger partial charge is 0.270 e. The van der Waals surface area contributed by atoms with Gasteiger partial charge in [-0.05, 0) is 26.7 Å². The van der Waals surface area contributed by atoms with E-state index in [2.05, 4.69) is 29.0 Å². The van der Waals surface area contributed by atoms with Crippen LogP contribution >= 0.6 is 36.2 Å². The highest BCUT2D eigenvalue weighted by atomic mass is 35.5. The predicted octanol–water partition coefficient (Wildman–Crippen LogP) is 2.06. The molecular formula is C15H28Cl2N4O2S. The number of nitrogens with one attached hydrogen (secondary N) is 1. The van der Waals surface area contributed by atoms with E-state index < -0.39 is 0 Å². The Morgan fingerprint density at radius 3 is 2.67 bits per heavy atom. The molecule has 1 aromatic heterocycles. The van der Waals surface area contributed by atoms with Gasteiger partial charge in [-0.1, -0.05) is 0 Å². The van der Waals surface area contributed by atoms with Gasteiger partial charge in [0, 0.05) is 37.6 Å². The molecule has 1 amide bonds. The number of carbonyl (C=O) groups excluding carboxylic acids is 1. The van der Waals surface area contributed by atoms with Gasteiger partial charge < -0.3 is 20.7 Å². The summed E-state index contributed by atoms with van der Waals surface area (Å²) in [6.07, 6.45) is 2.23. The number of piperidine rings is 1. The Balaban J connectivity index is 0.00000264. The molecule has 1 aliphatic rings. The van der Waals surface area contributed by atoms with Gasteiger partial charge in [-0.15, -0.1) is 36.2 Å². The molecule has 1 fully saturated rings. The Morgan fingerprint density at radius 1 is 1.46 bits per heavy atom. The van der Waals surface area contributed by atoms with Gasteiger partial charge in [-0.25, -0.2) is 4.98 Å². The maximum absolute atomic E-state index is 12.1. The van der Waals surface area contributed by atoms with Crippen molar-refractivity contribution in [3.05, 3.63) is 16.1 Å². The van der Waals surface area contributed by atoms with Crippen LogP contribution in [-0.4, -0.2) is 54.2 Å². The van der Waals surface area contributed by atoms with Gasteiger partial charge in [-0.3, -0.25) is 4.79 Å². The lowest BCUT2D eigenvalue weighted by molar-refractivity contribution is 0.0520. The van der Waals surface area contributed by atoms with E-state index in [1.54, 1.807) is 5.38 Å². The number of amides is 1. The molecule has 24 heavy (non-hydrogen) atoms. The summed E-state index contributed by atoms with van der Waals surface area (Å²) in [5, 5.41) is 5.64. The largest absolute Gasteiger partial charge is 0.377 e. The normalized spacial score (nSPS) is 15.7. The summed E-state index contributed by atoms with van der Waals surface area (Å²) in [6, 6.07) is 0.234. The van der Waals surface area contributed by atoms with Crippen molar-refractivity contribution in [3.8, 4) is 0 Å². The quantitative estimate of drug-likeness (QED) is 0.734. The van der Waals surface area contributed by atoms with E-state index >= 15 is 0 Å². The van der Waals surface area contributed by atoms with E-state index in [1.807, 2.05) is 0 Å². The van der Waals surface area contributed by atoms with Crippen molar-refractivity contribution in [1.29, 1.82) is 0 Å². The van der Waals surface area contributed by atoms with Gasteiger partial charge in [0.1, 0.15) is 10.7 Å². The van der Waals surface area contributed by atoms with Crippen LogP contribution in [0.5, 0.6) is 0 Å². The fourth-order valence-electron chi connectivity index (χ4n) is 2.49.